The van der Waals surface area contributed by atoms with Crippen LogP contribution in [-0.2, 0) is 4.74 Å². The lowest BCUT2D eigenvalue weighted by molar-refractivity contribution is -0.0337. The van der Waals surface area contributed by atoms with E-state index in [1.165, 1.54) is 26.4 Å². The summed E-state index contributed by atoms with van der Waals surface area (Å²) in [6.45, 7) is 0.583. The molecule has 7 heteroatoms. The van der Waals surface area contributed by atoms with Crippen molar-refractivity contribution < 1.29 is 28.5 Å². The van der Waals surface area contributed by atoms with Gasteiger partial charge in [0.15, 0.2) is 11.3 Å². The zero-order valence-electron chi connectivity index (χ0n) is 14.2. The second-order valence-electron chi connectivity index (χ2n) is 6.37. The van der Waals surface area contributed by atoms with E-state index in [0.717, 1.165) is 12.0 Å². The molecule has 26 heavy (non-hydrogen) atoms. The van der Waals surface area contributed by atoms with Crippen LogP contribution in [0.15, 0.2) is 27.4 Å². The maximum Gasteiger partial charge on any atom is 0.208 e. The van der Waals surface area contributed by atoms with Crippen molar-refractivity contribution in [3.63, 3.8) is 0 Å². The molecule has 2 aliphatic rings. The second kappa shape index (κ2) is 5.28. The smallest absolute Gasteiger partial charge is 0.208 e. The first kappa shape index (κ1) is 15.3. The summed E-state index contributed by atoms with van der Waals surface area (Å²) < 4.78 is 28.2. The Bertz CT molecular complexity index is 1110. The molecule has 0 radical (unpaired) electrons. The molecule has 134 valence electrons. The summed E-state index contributed by atoms with van der Waals surface area (Å²) in [4.78, 5) is 13.3. The SMILES string of the molecule is COc1ccc(O)c2oc3c4c(cc(OC)c3c(=O)c12)O[C@@H]1OCC[C@@H]41. The van der Waals surface area contributed by atoms with Crippen molar-refractivity contribution in [1.29, 1.82) is 0 Å². The van der Waals surface area contributed by atoms with Crippen LogP contribution in [0.1, 0.15) is 17.9 Å². The van der Waals surface area contributed by atoms with E-state index in [1.807, 2.05) is 0 Å². The normalized spacial score (nSPS) is 20.8. The zero-order valence-corrected chi connectivity index (χ0v) is 14.2. The predicted octanol–water partition coefficient (Wildman–Crippen LogP) is 2.89. The fraction of sp³-hybridized carbons (Fsp3) is 0.316. The lowest BCUT2D eigenvalue weighted by Gasteiger charge is -2.13. The van der Waals surface area contributed by atoms with Crippen LogP contribution in [0.3, 0.4) is 0 Å². The van der Waals surface area contributed by atoms with E-state index in [4.69, 9.17) is 23.4 Å². The number of ether oxygens (including phenoxy) is 4. The molecule has 7 nitrogen and oxygen atoms in total. The van der Waals surface area contributed by atoms with Crippen LogP contribution in [0.2, 0.25) is 0 Å². The first-order valence-electron chi connectivity index (χ1n) is 8.29. The maximum atomic E-state index is 13.3. The molecule has 0 saturated carbocycles. The van der Waals surface area contributed by atoms with Crippen molar-refractivity contribution in [3.8, 4) is 23.0 Å². The zero-order chi connectivity index (χ0) is 18.0. The molecule has 2 aliphatic heterocycles. The van der Waals surface area contributed by atoms with Gasteiger partial charge < -0.3 is 28.5 Å². The monoisotopic (exact) mass is 356 g/mol. The number of benzene rings is 2. The number of aromatic hydroxyl groups is 1. The largest absolute Gasteiger partial charge is 0.504 e. The molecule has 3 aromatic rings. The molecule has 1 aromatic heterocycles. The molecule has 1 N–H and O–H groups in total. The van der Waals surface area contributed by atoms with Gasteiger partial charge in [-0.05, 0) is 18.6 Å². The molecule has 2 aromatic carbocycles. The van der Waals surface area contributed by atoms with Crippen LogP contribution in [-0.4, -0.2) is 32.2 Å². The molecule has 1 fully saturated rings. The first-order chi connectivity index (χ1) is 12.6. The Morgan fingerprint density at radius 2 is 1.88 bits per heavy atom. The molecule has 0 amide bonds. The summed E-state index contributed by atoms with van der Waals surface area (Å²) in [5.74, 6) is 1.10. The highest BCUT2D eigenvalue weighted by molar-refractivity contribution is 6.00. The number of phenolic OH excluding ortho intramolecular Hbond substituents is 1. The van der Waals surface area contributed by atoms with E-state index in [9.17, 15) is 9.90 Å². The van der Waals surface area contributed by atoms with Gasteiger partial charge in [-0.25, -0.2) is 0 Å². The number of methoxy groups -OCH3 is 2. The van der Waals surface area contributed by atoms with Gasteiger partial charge in [-0.2, -0.15) is 0 Å². The number of hydrogen-bond acceptors (Lipinski definition) is 7. The lowest BCUT2D eigenvalue weighted by atomic mass is 9.95. The van der Waals surface area contributed by atoms with E-state index >= 15 is 0 Å². The summed E-state index contributed by atoms with van der Waals surface area (Å²) in [6.07, 6.45) is 0.380. The van der Waals surface area contributed by atoms with E-state index < -0.39 is 0 Å². The lowest BCUT2D eigenvalue weighted by Crippen LogP contribution is -2.13. The van der Waals surface area contributed by atoms with Crippen LogP contribution in [0.4, 0.5) is 0 Å². The fourth-order valence-corrected chi connectivity index (χ4v) is 3.91. The summed E-state index contributed by atoms with van der Waals surface area (Å²) in [5, 5.41) is 10.7. The Balaban J connectivity index is 1.98. The van der Waals surface area contributed by atoms with Crippen LogP contribution in [0.5, 0.6) is 23.0 Å². The highest BCUT2D eigenvalue weighted by Crippen LogP contribution is 2.50. The highest BCUT2D eigenvalue weighted by Gasteiger charge is 2.42. The molecule has 1 saturated heterocycles. The fourth-order valence-electron chi connectivity index (χ4n) is 3.91. The van der Waals surface area contributed by atoms with E-state index in [2.05, 4.69) is 0 Å². The van der Waals surface area contributed by atoms with Crippen molar-refractivity contribution >= 4 is 21.9 Å². The molecular weight excluding hydrogens is 340 g/mol. The molecular formula is C19H16O7. The summed E-state index contributed by atoms with van der Waals surface area (Å²) in [6, 6.07) is 4.66. The van der Waals surface area contributed by atoms with Crippen LogP contribution < -0.4 is 19.6 Å². The summed E-state index contributed by atoms with van der Waals surface area (Å²) in [7, 11) is 2.94. The van der Waals surface area contributed by atoms with E-state index in [-0.39, 0.29) is 34.4 Å². The molecule has 5 rings (SSSR count). The van der Waals surface area contributed by atoms with Crippen LogP contribution >= 0.6 is 0 Å². The Morgan fingerprint density at radius 1 is 1.12 bits per heavy atom. The van der Waals surface area contributed by atoms with Gasteiger partial charge in [-0.1, -0.05) is 0 Å². The number of hydrogen-bond donors (Lipinski definition) is 1. The Morgan fingerprint density at radius 3 is 2.65 bits per heavy atom. The molecule has 0 spiro atoms. The van der Waals surface area contributed by atoms with Gasteiger partial charge in [-0.15, -0.1) is 0 Å². The minimum absolute atomic E-state index is 0.0215. The topological polar surface area (TPSA) is 87.4 Å². The molecule has 3 heterocycles. The third-order valence-corrected chi connectivity index (χ3v) is 5.10. The minimum Gasteiger partial charge on any atom is -0.504 e. The third kappa shape index (κ3) is 1.83. The van der Waals surface area contributed by atoms with E-state index in [0.29, 0.717) is 34.8 Å². The van der Waals surface area contributed by atoms with Crippen molar-refractivity contribution in [2.75, 3.05) is 20.8 Å². The summed E-state index contributed by atoms with van der Waals surface area (Å²) in [5.41, 5.74) is 0.901. The average Bonchev–Trinajstić information content (AvgIpc) is 3.22. The standard InChI is InChI=1S/C19H16O7/c1-22-10-4-3-9(20)17-14(10)16(21)15-11(23-2)7-12-13(18(15)26-17)8-5-6-24-19(8)25-12/h3-4,7-8,19-20H,5-6H2,1-2H3/t8-,19-/m0/s1. The van der Waals surface area contributed by atoms with E-state index in [1.54, 1.807) is 6.07 Å². The number of fused-ring (bicyclic) bond motifs is 6. The number of rotatable bonds is 2. The quantitative estimate of drug-likeness (QED) is 0.706. The van der Waals surface area contributed by atoms with Gasteiger partial charge in [0.05, 0.1) is 26.7 Å². The van der Waals surface area contributed by atoms with Gasteiger partial charge in [0.1, 0.15) is 33.6 Å². The third-order valence-electron chi connectivity index (χ3n) is 5.10. The van der Waals surface area contributed by atoms with Crippen molar-refractivity contribution in [2.45, 2.75) is 18.6 Å². The van der Waals surface area contributed by atoms with Crippen molar-refractivity contribution in [3.05, 3.63) is 34.0 Å². The maximum absolute atomic E-state index is 13.3. The van der Waals surface area contributed by atoms with Gasteiger partial charge in [0.2, 0.25) is 11.7 Å². The Kier molecular flexibility index (Phi) is 3.12. The number of phenols is 1. The van der Waals surface area contributed by atoms with Gasteiger partial charge >= 0.3 is 0 Å². The van der Waals surface area contributed by atoms with Crippen molar-refractivity contribution in [2.24, 2.45) is 0 Å². The Hall–Kier alpha value is -2.93. The first-order valence-corrected chi connectivity index (χ1v) is 8.29. The molecule has 2 atom stereocenters. The average molecular weight is 356 g/mol. The van der Waals surface area contributed by atoms with Gasteiger partial charge in [0.25, 0.3) is 0 Å². The van der Waals surface area contributed by atoms with Gasteiger partial charge in [0, 0.05) is 11.6 Å². The molecule has 0 unspecified atom stereocenters. The molecule has 0 bridgehead atoms. The van der Waals surface area contributed by atoms with Gasteiger partial charge in [-0.3, -0.25) is 4.79 Å². The molecule has 0 aliphatic carbocycles. The van der Waals surface area contributed by atoms with Crippen LogP contribution in [0, 0.1) is 0 Å². The highest BCUT2D eigenvalue weighted by atomic mass is 16.7. The second-order valence-corrected chi connectivity index (χ2v) is 6.37. The Labute approximate surface area is 147 Å². The minimum atomic E-state index is -0.389. The van der Waals surface area contributed by atoms with Crippen LogP contribution in [0.25, 0.3) is 21.9 Å². The van der Waals surface area contributed by atoms with Crippen molar-refractivity contribution in [1.82, 2.24) is 0 Å². The summed E-state index contributed by atoms with van der Waals surface area (Å²) >= 11 is 0. The predicted molar refractivity (Wildman–Crippen MR) is 92.5 cm³/mol.